The molecular formula is C9H12F3N3O2S. The smallest absolute Gasteiger partial charge is 0.397 e. The molecular weight excluding hydrogens is 271 g/mol. The molecule has 0 aliphatic rings. The molecule has 0 bridgehead atoms. The second kappa shape index (κ2) is 4.65. The average molecular weight is 283 g/mol. The number of hydrogen-bond acceptors (Lipinski definition) is 3. The standard InChI is InChI=1S/C9H12F3N3O2S/c1-15(2)18(16,17)14-8-4-3-6(5-7(8)13)9(10,11)12/h3-5,14H,13H2,1-2H3. The zero-order valence-electron chi connectivity index (χ0n) is 9.62. The number of hydrogen-bond donors (Lipinski definition) is 2. The summed E-state index contributed by atoms with van der Waals surface area (Å²) in [5.74, 6) is 0. The van der Waals surface area contributed by atoms with E-state index in [0.29, 0.717) is 6.07 Å². The molecule has 1 aromatic rings. The molecule has 18 heavy (non-hydrogen) atoms. The van der Waals surface area contributed by atoms with Crippen molar-refractivity contribution >= 4 is 21.6 Å². The van der Waals surface area contributed by atoms with Gasteiger partial charge < -0.3 is 5.73 Å². The van der Waals surface area contributed by atoms with Gasteiger partial charge in [-0.15, -0.1) is 0 Å². The Labute approximate surface area is 103 Å². The van der Waals surface area contributed by atoms with Crippen LogP contribution in [-0.2, 0) is 16.4 Å². The van der Waals surface area contributed by atoms with E-state index in [1.54, 1.807) is 0 Å². The number of alkyl halides is 3. The molecule has 0 atom stereocenters. The molecule has 0 saturated heterocycles. The number of nitrogen functional groups attached to an aromatic ring is 1. The highest BCUT2D eigenvalue weighted by molar-refractivity contribution is 7.90. The van der Waals surface area contributed by atoms with Gasteiger partial charge in [-0.1, -0.05) is 0 Å². The van der Waals surface area contributed by atoms with Crippen LogP contribution in [0.15, 0.2) is 18.2 Å². The molecule has 0 spiro atoms. The Morgan fingerprint density at radius 1 is 1.28 bits per heavy atom. The molecule has 0 radical (unpaired) electrons. The summed E-state index contributed by atoms with van der Waals surface area (Å²) in [5, 5.41) is 0. The van der Waals surface area contributed by atoms with Gasteiger partial charge in [0.1, 0.15) is 0 Å². The van der Waals surface area contributed by atoms with Crippen LogP contribution >= 0.6 is 0 Å². The molecule has 0 aliphatic heterocycles. The van der Waals surface area contributed by atoms with Crippen LogP contribution in [-0.4, -0.2) is 26.8 Å². The van der Waals surface area contributed by atoms with E-state index in [2.05, 4.69) is 4.72 Å². The van der Waals surface area contributed by atoms with Gasteiger partial charge in [0.05, 0.1) is 16.9 Å². The maximum atomic E-state index is 12.4. The zero-order valence-corrected chi connectivity index (χ0v) is 10.4. The molecule has 0 heterocycles. The Hall–Kier alpha value is -1.48. The lowest BCUT2D eigenvalue weighted by Gasteiger charge is -2.16. The van der Waals surface area contributed by atoms with E-state index in [1.807, 2.05) is 0 Å². The Bertz CT molecular complexity index is 540. The van der Waals surface area contributed by atoms with Crippen molar-refractivity contribution in [3.63, 3.8) is 0 Å². The van der Waals surface area contributed by atoms with Gasteiger partial charge in [0.25, 0.3) is 0 Å². The van der Waals surface area contributed by atoms with E-state index in [4.69, 9.17) is 5.73 Å². The molecule has 3 N–H and O–H groups in total. The van der Waals surface area contributed by atoms with Crippen molar-refractivity contribution in [2.24, 2.45) is 0 Å². The van der Waals surface area contributed by atoms with Gasteiger partial charge >= 0.3 is 16.4 Å². The summed E-state index contributed by atoms with van der Waals surface area (Å²) >= 11 is 0. The lowest BCUT2D eigenvalue weighted by molar-refractivity contribution is -0.137. The van der Waals surface area contributed by atoms with Crippen LogP contribution in [0.5, 0.6) is 0 Å². The molecule has 102 valence electrons. The molecule has 0 unspecified atom stereocenters. The van der Waals surface area contributed by atoms with Crippen LogP contribution in [0, 0.1) is 0 Å². The van der Waals surface area contributed by atoms with Crippen molar-refractivity contribution in [2.75, 3.05) is 24.6 Å². The van der Waals surface area contributed by atoms with Crippen molar-refractivity contribution in [1.82, 2.24) is 4.31 Å². The van der Waals surface area contributed by atoms with E-state index >= 15 is 0 Å². The van der Waals surface area contributed by atoms with Crippen LogP contribution in [0.3, 0.4) is 0 Å². The first-order chi connectivity index (χ1) is 8.04. The first kappa shape index (κ1) is 14.6. The summed E-state index contributed by atoms with van der Waals surface area (Å²) < 4.78 is 63.0. The van der Waals surface area contributed by atoms with E-state index in [-0.39, 0.29) is 11.4 Å². The van der Waals surface area contributed by atoms with Gasteiger partial charge in [-0.3, -0.25) is 4.72 Å². The van der Waals surface area contributed by atoms with Crippen molar-refractivity contribution in [3.05, 3.63) is 23.8 Å². The largest absolute Gasteiger partial charge is 0.416 e. The molecule has 0 aromatic heterocycles. The van der Waals surface area contributed by atoms with Gasteiger partial charge in [-0.05, 0) is 18.2 Å². The second-order valence-corrected chi connectivity index (χ2v) is 5.57. The SMILES string of the molecule is CN(C)S(=O)(=O)Nc1ccc(C(F)(F)F)cc1N. The predicted octanol–water partition coefficient (Wildman–Crippen LogP) is 1.51. The minimum atomic E-state index is -4.52. The Kier molecular flexibility index (Phi) is 3.77. The normalized spacial score (nSPS) is 12.8. The minimum absolute atomic E-state index is 0.100. The minimum Gasteiger partial charge on any atom is -0.397 e. The van der Waals surface area contributed by atoms with Crippen molar-refractivity contribution < 1.29 is 21.6 Å². The topological polar surface area (TPSA) is 75.4 Å². The van der Waals surface area contributed by atoms with Crippen LogP contribution in [0.1, 0.15) is 5.56 Å². The van der Waals surface area contributed by atoms with Crippen molar-refractivity contribution in [2.45, 2.75) is 6.18 Å². The summed E-state index contributed by atoms with van der Waals surface area (Å²) in [6.45, 7) is 0. The summed E-state index contributed by atoms with van der Waals surface area (Å²) in [4.78, 5) is 0. The zero-order chi connectivity index (χ0) is 14.1. The van der Waals surface area contributed by atoms with E-state index in [9.17, 15) is 21.6 Å². The molecule has 1 rings (SSSR count). The van der Waals surface area contributed by atoms with Gasteiger partial charge in [0.2, 0.25) is 0 Å². The van der Waals surface area contributed by atoms with Gasteiger partial charge in [-0.2, -0.15) is 25.9 Å². The number of nitrogens with two attached hydrogens (primary N) is 1. The second-order valence-electron chi connectivity index (χ2n) is 3.69. The van der Waals surface area contributed by atoms with Crippen LogP contribution in [0.4, 0.5) is 24.5 Å². The fourth-order valence-electron chi connectivity index (χ4n) is 1.06. The summed E-state index contributed by atoms with van der Waals surface area (Å²) in [5.41, 5.74) is 4.05. The number of anilines is 2. The number of nitrogens with zero attached hydrogens (tertiary/aromatic N) is 1. The highest BCUT2D eigenvalue weighted by Crippen LogP contribution is 2.33. The Morgan fingerprint density at radius 3 is 2.22 bits per heavy atom. The first-order valence-corrected chi connectivity index (χ1v) is 6.15. The van der Waals surface area contributed by atoms with Gasteiger partial charge in [-0.25, -0.2) is 0 Å². The first-order valence-electron chi connectivity index (χ1n) is 4.71. The molecule has 9 heteroatoms. The van der Waals surface area contributed by atoms with Crippen molar-refractivity contribution in [1.29, 1.82) is 0 Å². The quantitative estimate of drug-likeness (QED) is 0.826. The molecule has 0 amide bonds. The molecule has 1 aromatic carbocycles. The van der Waals surface area contributed by atoms with Crippen LogP contribution in [0.25, 0.3) is 0 Å². The maximum Gasteiger partial charge on any atom is 0.416 e. The van der Waals surface area contributed by atoms with Gasteiger partial charge in [0.15, 0.2) is 0 Å². The Balaban J connectivity index is 3.09. The molecule has 0 fully saturated rings. The summed E-state index contributed by atoms with van der Waals surface area (Å²) in [6, 6.07) is 2.40. The van der Waals surface area contributed by atoms with E-state index < -0.39 is 21.9 Å². The molecule has 0 saturated carbocycles. The lowest BCUT2D eigenvalue weighted by Crippen LogP contribution is -2.29. The average Bonchev–Trinajstić information content (AvgIpc) is 2.19. The number of rotatable bonds is 3. The summed E-state index contributed by atoms with van der Waals surface area (Å²) in [7, 11) is -1.24. The number of nitrogens with one attached hydrogen (secondary N) is 1. The maximum absolute atomic E-state index is 12.4. The van der Waals surface area contributed by atoms with Crippen molar-refractivity contribution in [3.8, 4) is 0 Å². The third kappa shape index (κ3) is 3.26. The fraction of sp³-hybridized carbons (Fsp3) is 0.333. The summed E-state index contributed by atoms with van der Waals surface area (Å²) in [6.07, 6.45) is -4.52. The monoisotopic (exact) mass is 283 g/mol. The Morgan fingerprint density at radius 2 is 1.83 bits per heavy atom. The molecule has 5 nitrogen and oxygen atoms in total. The third-order valence-corrected chi connectivity index (χ3v) is 3.54. The van der Waals surface area contributed by atoms with Gasteiger partial charge in [0, 0.05) is 14.1 Å². The third-order valence-electron chi connectivity index (χ3n) is 2.10. The van der Waals surface area contributed by atoms with E-state index in [1.165, 1.54) is 14.1 Å². The molecule has 0 aliphatic carbocycles. The lowest BCUT2D eigenvalue weighted by atomic mass is 10.2. The fourth-order valence-corrected chi connectivity index (χ4v) is 1.71. The highest BCUT2D eigenvalue weighted by atomic mass is 32.2. The predicted molar refractivity (Wildman–Crippen MR) is 62.1 cm³/mol. The van der Waals surface area contributed by atoms with E-state index in [0.717, 1.165) is 16.4 Å². The number of halogens is 3. The van der Waals surface area contributed by atoms with Crippen LogP contribution < -0.4 is 10.5 Å². The van der Waals surface area contributed by atoms with Crippen LogP contribution in [0.2, 0.25) is 0 Å². The highest BCUT2D eigenvalue weighted by Gasteiger charge is 2.31. The number of benzene rings is 1.